The first-order valence-corrected chi connectivity index (χ1v) is 11.1. The summed E-state index contributed by atoms with van der Waals surface area (Å²) in [6.07, 6.45) is 4.66. The Morgan fingerprint density at radius 3 is 2.69 bits per heavy atom. The lowest BCUT2D eigenvalue weighted by molar-refractivity contribution is -0.131. The molecule has 0 bridgehead atoms. The van der Waals surface area contributed by atoms with E-state index in [2.05, 4.69) is 10.2 Å². The fraction of sp³-hybridized carbons (Fsp3) is 0.400. The van der Waals surface area contributed by atoms with Crippen LogP contribution in [0.3, 0.4) is 0 Å². The van der Waals surface area contributed by atoms with Gasteiger partial charge in [0.05, 0.1) is 12.7 Å². The minimum Gasteiger partial charge on any atom is -0.496 e. The van der Waals surface area contributed by atoms with Crippen molar-refractivity contribution in [2.45, 2.75) is 32.7 Å². The van der Waals surface area contributed by atoms with Crippen LogP contribution in [0.4, 0.5) is 4.39 Å². The number of rotatable bonds is 6. The Morgan fingerprint density at radius 2 is 1.94 bits per heavy atom. The van der Waals surface area contributed by atoms with Crippen molar-refractivity contribution in [3.63, 3.8) is 0 Å². The zero-order valence-electron chi connectivity index (χ0n) is 18.4. The fourth-order valence-electron chi connectivity index (χ4n) is 4.52. The van der Waals surface area contributed by atoms with Gasteiger partial charge in [-0.05, 0) is 67.0 Å². The van der Waals surface area contributed by atoms with Crippen LogP contribution in [0.5, 0.6) is 5.75 Å². The third kappa shape index (κ3) is 3.99. The van der Waals surface area contributed by atoms with Crippen LogP contribution in [0.25, 0.3) is 22.5 Å². The molecule has 2 aliphatic rings. The summed E-state index contributed by atoms with van der Waals surface area (Å²) in [7, 11) is 1.63. The summed E-state index contributed by atoms with van der Waals surface area (Å²) in [6, 6.07) is 11.0. The second kappa shape index (κ2) is 8.37. The number of hydrogen-bond acceptors (Lipinski definition) is 4. The summed E-state index contributed by atoms with van der Waals surface area (Å²) < 4.78 is 22.5. The Bertz CT molecular complexity index is 1150. The van der Waals surface area contributed by atoms with E-state index < -0.39 is 0 Å². The van der Waals surface area contributed by atoms with E-state index in [0.717, 1.165) is 54.8 Å². The molecule has 1 amide bonds. The minimum absolute atomic E-state index is 0.250. The molecule has 5 rings (SSSR count). The molecule has 2 aromatic carbocycles. The quantitative estimate of drug-likeness (QED) is 0.580. The second-order valence-electron chi connectivity index (χ2n) is 8.90. The third-order valence-electron chi connectivity index (χ3n) is 6.55. The number of aryl methyl sites for hydroxylation is 1. The molecule has 1 atom stereocenters. The Morgan fingerprint density at radius 1 is 1.16 bits per heavy atom. The van der Waals surface area contributed by atoms with Crippen molar-refractivity contribution in [1.29, 1.82) is 0 Å². The summed E-state index contributed by atoms with van der Waals surface area (Å²) in [5.74, 6) is 1.83. The molecule has 1 saturated carbocycles. The molecular weight excluding hydrogens is 407 g/mol. The van der Waals surface area contributed by atoms with Gasteiger partial charge < -0.3 is 14.2 Å². The Balaban J connectivity index is 1.34. The summed E-state index contributed by atoms with van der Waals surface area (Å²) in [4.78, 5) is 14.3. The third-order valence-corrected chi connectivity index (χ3v) is 6.55. The molecule has 0 unspecified atom stereocenters. The van der Waals surface area contributed by atoms with Crippen LogP contribution in [-0.4, -0.2) is 45.8 Å². The predicted molar refractivity (Wildman–Crippen MR) is 120 cm³/mol. The Hall–Kier alpha value is -3.22. The molecule has 7 heteroatoms. The van der Waals surface area contributed by atoms with Gasteiger partial charge in [0.1, 0.15) is 17.9 Å². The number of halogens is 1. The number of carbonyl (C=O) groups excluding carboxylic acids is 1. The standard InChI is InChI=1S/C25H27FN4O2/c1-16-3-4-20(12-23(16)32-2)19-7-8-21(22(26)11-19)24-28-27-15-30(24)14-17-9-10-29(13-17)25(31)18-5-6-18/h3-4,7-8,11-12,15,17-18H,5-6,9-10,13-14H2,1-2H3/t17-/m1/s1. The molecule has 0 spiro atoms. The minimum atomic E-state index is -0.340. The number of ether oxygens (including phenoxy) is 1. The van der Waals surface area contributed by atoms with Crippen LogP contribution in [0.2, 0.25) is 0 Å². The smallest absolute Gasteiger partial charge is 0.225 e. The van der Waals surface area contributed by atoms with Crippen molar-refractivity contribution in [2.75, 3.05) is 20.2 Å². The molecule has 3 aromatic rings. The van der Waals surface area contributed by atoms with E-state index in [-0.39, 0.29) is 11.7 Å². The maximum atomic E-state index is 15.2. The van der Waals surface area contributed by atoms with Gasteiger partial charge in [0, 0.05) is 25.6 Å². The van der Waals surface area contributed by atoms with Gasteiger partial charge in [0.25, 0.3) is 0 Å². The number of amides is 1. The zero-order valence-corrected chi connectivity index (χ0v) is 18.4. The van der Waals surface area contributed by atoms with Crippen LogP contribution < -0.4 is 4.74 Å². The van der Waals surface area contributed by atoms with Gasteiger partial charge in [-0.25, -0.2) is 4.39 Å². The fourth-order valence-corrected chi connectivity index (χ4v) is 4.52. The van der Waals surface area contributed by atoms with E-state index in [4.69, 9.17) is 4.74 Å². The maximum absolute atomic E-state index is 15.2. The molecular formula is C25H27FN4O2. The van der Waals surface area contributed by atoms with Gasteiger partial charge in [-0.15, -0.1) is 10.2 Å². The first kappa shape index (κ1) is 20.7. The monoisotopic (exact) mass is 434 g/mol. The van der Waals surface area contributed by atoms with Crippen molar-refractivity contribution in [3.05, 3.63) is 54.1 Å². The highest BCUT2D eigenvalue weighted by Gasteiger charge is 2.36. The highest BCUT2D eigenvalue weighted by Crippen LogP contribution is 2.34. The lowest BCUT2D eigenvalue weighted by Gasteiger charge is -2.17. The van der Waals surface area contributed by atoms with Crippen LogP contribution in [0, 0.1) is 24.6 Å². The topological polar surface area (TPSA) is 60.3 Å². The molecule has 0 N–H and O–H groups in total. The number of methoxy groups -OCH3 is 1. The van der Waals surface area contributed by atoms with Gasteiger partial charge in [0.2, 0.25) is 5.91 Å². The number of likely N-dealkylation sites (tertiary alicyclic amines) is 1. The van der Waals surface area contributed by atoms with Gasteiger partial charge in [-0.3, -0.25) is 4.79 Å². The van der Waals surface area contributed by atoms with Gasteiger partial charge in [-0.1, -0.05) is 18.2 Å². The molecule has 1 aliphatic heterocycles. The molecule has 32 heavy (non-hydrogen) atoms. The molecule has 166 valence electrons. The summed E-state index contributed by atoms with van der Waals surface area (Å²) >= 11 is 0. The molecule has 2 fully saturated rings. The van der Waals surface area contributed by atoms with Crippen molar-refractivity contribution in [3.8, 4) is 28.3 Å². The highest BCUT2D eigenvalue weighted by atomic mass is 19.1. The van der Waals surface area contributed by atoms with E-state index in [1.807, 2.05) is 40.7 Å². The van der Waals surface area contributed by atoms with Gasteiger partial charge in [-0.2, -0.15) is 0 Å². The first-order valence-electron chi connectivity index (χ1n) is 11.1. The average molecular weight is 435 g/mol. The van der Waals surface area contributed by atoms with Crippen LogP contribution in [-0.2, 0) is 11.3 Å². The number of benzene rings is 2. The summed E-state index contributed by atoms with van der Waals surface area (Å²) in [5, 5.41) is 8.23. The van der Waals surface area contributed by atoms with Crippen molar-refractivity contribution >= 4 is 5.91 Å². The second-order valence-corrected chi connectivity index (χ2v) is 8.90. The molecule has 1 saturated heterocycles. The average Bonchev–Trinajstić information content (AvgIpc) is 3.38. The number of nitrogens with zero attached hydrogens (tertiary/aromatic N) is 4. The lowest BCUT2D eigenvalue weighted by atomic mass is 10.0. The summed E-state index contributed by atoms with van der Waals surface area (Å²) in [6.45, 7) is 4.21. The Labute approximate surface area is 187 Å². The van der Waals surface area contributed by atoms with Crippen molar-refractivity contribution in [1.82, 2.24) is 19.7 Å². The van der Waals surface area contributed by atoms with E-state index in [0.29, 0.717) is 29.8 Å². The Kier molecular flexibility index (Phi) is 5.41. The highest BCUT2D eigenvalue weighted by molar-refractivity contribution is 5.81. The molecule has 2 heterocycles. The molecule has 6 nitrogen and oxygen atoms in total. The molecule has 1 aromatic heterocycles. The number of carbonyl (C=O) groups is 1. The molecule has 0 radical (unpaired) electrons. The normalized spacial score (nSPS) is 18.2. The summed E-state index contributed by atoms with van der Waals surface area (Å²) in [5.41, 5.74) is 3.13. The van der Waals surface area contributed by atoms with Crippen molar-refractivity contribution < 1.29 is 13.9 Å². The van der Waals surface area contributed by atoms with Crippen LogP contribution >= 0.6 is 0 Å². The zero-order chi connectivity index (χ0) is 22.2. The van der Waals surface area contributed by atoms with E-state index in [1.165, 1.54) is 6.07 Å². The predicted octanol–water partition coefficient (Wildman–Crippen LogP) is 4.33. The van der Waals surface area contributed by atoms with Crippen LogP contribution in [0.15, 0.2) is 42.7 Å². The van der Waals surface area contributed by atoms with Crippen molar-refractivity contribution in [2.24, 2.45) is 11.8 Å². The number of aromatic nitrogens is 3. The maximum Gasteiger partial charge on any atom is 0.225 e. The van der Waals surface area contributed by atoms with Gasteiger partial charge >= 0.3 is 0 Å². The largest absolute Gasteiger partial charge is 0.496 e. The van der Waals surface area contributed by atoms with E-state index in [1.54, 1.807) is 19.5 Å². The van der Waals surface area contributed by atoms with E-state index >= 15 is 4.39 Å². The first-order chi connectivity index (χ1) is 15.5. The van der Waals surface area contributed by atoms with E-state index in [9.17, 15) is 4.79 Å². The number of hydrogen-bond donors (Lipinski definition) is 0. The van der Waals surface area contributed by atoms with Crippen LogP contribution in [0.1, 0.15) is 24.8 Å². The lowest BCUT2D eigenvalue weighted by Crippen LogP contribution is -2.30. The molecule has 1 aliphatic carbocycles. The SMILES string of the molecule is COc1cc(-c2ccc(-c3nncn3C[C@@H]3CCN(C(=O)C4CC4)C3)c(F)c2)ccc1C. The van der Waals surface area contributed by atoms with Gasteiger partial charge in [0.15, 0.2) is 5.82 Å².